The Morgan fingerprint density at radius 3 is 2.54 bits per heavy atom. The van der Waals surface area contributed by atoms with Crippen molar-refractivity contribution < 1.29 is 9.59 Å². The highest BCUT2D eigenvalue weighted by atomic mass is 16.2. The molecule has 4 heteroatoms. The molecular formula is C20H20N2O2. The molecule has 0 spiro atoms. The quantitative estimate of drug-likeness (QED) is 0.945. The van der Waals surface area contributed by atoms with Crippen molar-refractivity contribution >= 4 is 23.6 Å². The van der Waals surface area contributed by atoms with Crippen molar-refractivity contribution in [3.05, 3.63) is 71.8 Å². The van der Waals surface area contributed by atoms with Crippen molar-refractivity contribution in [3.63, 3.8) is 0 Å². The summed E-state index contributed by atoms with van der Waals surface area (Å²) in [6.07, 6.45) is 2.48. The second kappa shape index (κ2) is 6.71. The third-order valence-electron chi connectivity index (χ3n) is 4.20. The van der Waals surface area contributed by atoms with Crippen LogP contribution in [0.4, 0.5) is 5.69 Å². The molecule has 1 aliphatic rings. The Kier molecular flexibility index (Phi) is 4.47. The molecule has 0 bridgehead atoms. The molecule has 0 aliphatic carbocycles. The van der Waals surface area contributed by atoms with E-state index in [0.29, 0.717) is 12.1 Å². The van der Waals surface area contributed by atoms with Crippen LogP contribution in [-0.2, 0) is 11.2 Å². The fourth-order valence-electron chi connectivity index (χ4n) is 3.09. The van der Waals surface area contributed by atoms with Gasteiger partial charge in [-0.1, -0.05) is 43.0 Å². The lowest BCUT2D eigenvalue weighted by Crippen LogP contribution is -2.49. The Morgan fingerprint density at radius 2 is 1.88 bits per heavy atom. The van der Waals surface area contributed by atoms with Crippen LogP contribution in [0.2, 0.25) is 0 Å². The summed E-state index contributed by atoms with van der Waals surface area (Å²) in [5.74, 6) is -0.143. The van der Waals surface area contributed by atoms with Gasteiger partial charge in [0.2, 0.25) is 5.91 Å². The van der Waals surface area contributed by atoms with Gasteiger partial charge in [-0.15, -0.1) is 0 Å². The third-order valence-corrected chi connectivity index (χ3v) is 4.20. The van der Waals surface area contributed by atoms with Crippen molar-refractivity contribution in [1.29, 1.82) is 0 Å². The van der Waals surface area contributed by atoms with Gasteiger partial charge in [-0.3, -0.25) is 9.59 Å². The first-order chi connectivity index (χ1) is 11.6. The fraction of sp³-hybridized carbons (Fsp3) is 0.200. The molecule has 0 radical (unpaired) electrons. The Hall–Kier alpha value is -2.88. The highest BCUT2D eigenvalue weighted by Gasteiger charge is 2.29. The highest BCUT2D eigenvalue weighted by molar-refractivity contribution is 6.07. The molecule has 1 heterocycles. The normalized spacial score (nSPS) is 16.2. The second-order valence-electron chi connectivity index (χ2n) is 5.97. The van der Waals surface area contributed by atoms with E-state index >= 15 is 0 Å². The van der Waals surface area contributed by atoms with E-state index in [9.17, 15) is 9.59 Å². The van der Waals surface area contributed by atoms with Gasteiger partial charge in [-0.25, -0.2) is 0 Å². The van der Waals surface area contributed by atoms with E-state index in [0.717, 1.165) is 23.2 Å². The molecule has 1 atom stereocenters. The van der Waals surface area contributed by atoms with E-state index in [2.05, 4.69) is 11.9 Å². The van der Waals surface area contributed by atoms with Gasteiger partial charge in [0.05, 0.1) is 6.04 Å². The first-order valence-electron chi connectivity index (χ1n) is 7.98. The lowest BCUT2D eigenvalue weighted by Gasteiger charge is -2.35. The monoisotopic (exact) mass is 320 g/mol. The number of para-hydroxylation sites is 1. The van der Waals surface area contributed by atoms with E-state index in [4.69, 9.17) is 0 Å². The summed E-state index contributed by atoms with van der Waals surface area (Å²) in [5.41, 5.74) is 3.58. The molecule has 1 N–H and O–H groups in total. The number of nitrogens with one attached hydrogen (secondary N) is 1. The van der Waals surface area contributed by atoms with Crippen LogP contribution in [0.15, 0.2) is 55.1 Å². The number of carbonyl (C=O) groups excluding carboxylic acids is 2. The summed E-state index contributed by atoms with van der Waals surface area (Å²) in [4.78, 5) is 26.2. The maximum Gasteiger partial charge on any atom is 0.258 e. The molecule has 122 valence electrons. The number of hydrogen-bond acceptors (Lipinski definition) is 2. The van der Waals surface area contributed by atoms with Gasteiger partial charge < -0.3 is 10.2 Å². The van der Waals surface area contributed by atoms with Gasteiger partial charge in [-0.2, -0.15) is 0 Å². The number of anilines is 1. The van der Waals surface area contributed by atoms with Crippen LogP contribution in [0.5, 0.6) is 0 Å². The minimum absolute atomic E-state index is 0.0619. The summed E-state index contributed by atoms with van der Waals surface area (Å²) in [6, 6.07) is 15.1. The van der Waals surface area contributed by atoms with Gasteiger partial charge in [0.25, 0.3) is 5.91 Å². The lowest BCUT2D eigenvalue weighted by atomic mass is 9.97. The van der Waals surface area contributed by atoms with E-state index in [-0.39, 0.29) is 17.9 Å². The molecular weight excluding hydrogens is 300 g/mol. The molecule has 2 aromatic rings. The van der Waals surface area contributed by atoms with Gasteiger partial charge >= 0.3 is 0 Å². The standard InChI is InChI=1S/C20H20N2O2/c1-3-15-8-10-16(11-9-15)20(24)22-13-18(21-14(2)23)12-17-6-4-5-7-19(17)22/h3-11,18H,1,12-13H2,2H3,(H,21,23). The van der Waals surface area contributed by atoms with E-state index in [1.165, 1.54) is 6.92 Å². The Morgan fingerprint density at radius 1 is 1.17 bits per heavy atom. The number of nitrogens with zero attached hydrogens (tertiary/aromatic N) is 1. The van der Waals surface area contributed by atoms with Gasteiger partial charge in [0, 0.05) is 24.7 Å². The van der Waals surface area contributed by atoms with Crippen molar-refractivity contribution in [2.45, 2.75) is 19.4 Å². The number of hydrogen-bond donors (Lipinski definition) is 1. The smallest absolute Gasteiger partial charge is 0.258 e. The highest BCUT2D eigenvalue weighted by Crippen LogP contribution is 2.28. The maximum atomic E-state index is 13.0. The van der Waals surface area contributed by atoms with Gasteiger partial charge in [0.1, 0.15) is 0 Å². The summed E-state index contributed by atoms with van der Waals surface area (Å²) >= 11 is 0. The number of rotatable bonds is 3. The Bertz CT molecular complexity index is 780. The molecule has 0 saturated heterocycles. The second-order valence-corrected chi connectivity index (χ2v) is 5.97. The molecule has 0 aromatic heterocycles. The molecule has 0 fully saturated rings. The molecule has 2 aromatic carbocycles. The third kappa shape index (κ3) is 3.23. The van der Waals surface area contributed by atoms with Crippen LogP contribution in [0.3, 0.4) is 0 Å². The first kappa shape index (κ1) is 16.0. The molecule has 4 nitrogen and oxygen atoms in total. The van der Waals surface area contributed by atoms with Crippen molar-refractivity contribution in [3.8, 4) is 0 Å². The molecule has 3 rings (SSSR count). The van der Waals surface area contributed by atoms with Crippen LogP contribution in [0, 0.1) is 0 Å². The number of benzene rings is 2. The first-order valence-corrected chi connectivity index (χ1v) is 7.98. The van der Waals surface area contributed by atoms with E-state index < -0.39 is 0 Å². The zero-order chi connectivity index (χ0) is 17.1. The maximum absolute atomic E-state index is 13.0. The van der Waals surface area contributed by atoms with Crippen LogP contribution >= 0.6 is 0 Å². The molecule has 2 amide bonds. The summed E-state index contributed by atoms with van der Waals surface area (Å²) in [5, 5.41) is 2.93. The zero-order valence-electron chi connectivity index (χ0n) is 13.7. The van der Waals surface area contributed by atoms with E-state index in [1.54, 1.807) is 11.0 Å². The molecule has 0 saturated carbocycles. The molecule has 1 unspecified atom stereocenters. The van der Waals surface area contributed by atoms with E-state index in [1.807, 2.05) is 48.5 Å². The minimum atomic E-state index is -0.0814. The number of amides is 2. The number of carbonyl (C=O) groups is 2. The number of fused-ring (bicyclic) bond motifs is 1. The lowest BCUT2D eigenvalue weighted by molar-refractivity contribution is -0.119. The predicted octanol–water partition coefficient (Wildman–Crippen LogP) is 3.04. The Balaban J connectivity index is 1.93. The van der Waals surface area contributed by atoms with Crippen LogP contribution < -0.4 is 10.2 Å². The van der Waals surface area contributed by atoms with Gasteiger partial charge in [-0.05, 0) is 35.7 Å². The van der Waals surface area contributed by atoms with Gasteiger partial charge in [0.15, 0.2) is 0 Å². The van der Waals surface area contributed by atoms with Crippen molar-refractivity contribution in [2.75, 3.05) is 11.4 Å². The zero-order valence-corrected chi connectivity index (χ0v) is 13.7. The summed E-state index contributed by atoms with van der Waals surface area (Å²) < 4.78 is 0. The van der Waals surface area contributed by atoms with Crippen LogP contribution in [0.25, 0.3) is 6.08 Å². The largest absolute Gasteiger partial charge is 0.351 e. The van der Waals surface area contributed by atoms with Crippen molar-refractivity contribution in [2.24, 2.45) is 0 Å². The fourth-order valence-corrected chi connectivity index (χ4v) is 3.09. The average Bonchev–Trinajstić information content (AvgIpc) is 2.60. The average molecular weight is 320 g/mol. The molecule has 24 heavy (non-hydrogen) atoms. The Labute approximate surface area is 141 Å². The van der Waals surface area contributed by atoms with Crippen molar-refractivity contribution in [1.82, 2.24) is 5.32 Å². The van der Waals surface area contributed by atoms with Crippen LogP contribution in [-0.4, -0.2) is 24.4 Å². The summed E-state index contributed by atoms with van der Waals surface area (Å²) in [7, 11) is 0. The van der Waals surface area contributed by atoms with Crippen LogP contribution in [0.1, 0.15) is 28.4 Å². The predicted molar refractivity (Wildman–Crippen MR) is 96.0 cm³/mol. The topological polar surface area (TPSA) is 49.4 Å². The minimum Gasteiger partial charge on any atom is -0.351 e. The molecule has 1 aliphatic heterocycles. The summed E-state index contributed by atoms with van der Waals surface area (Å²) in [6.45, 7) is 5.70. The SMILES string of the molecule is C=Cc1ccc(C(=O)N2CC(NC(C)=O)Cc3ccccc32)cc1.